The molecule has 0 saturated carbocycles. The molecule has 0 aliphatic carbocycles. The van der Waals surface area contributed by atoms with Gasteiger partial charge in [-0.2, -0.15) is 4.98 Å². The summed E-state index contributed by atoms with van der Waals surface area (Å²) in [7, 11) is 0. The second kappa shape index (κ2) is 4.71. The van der Waals surface area contributed by atoms with E-state index in [2.05, 4.69) is 29.2 Å². The van der Waals surface area contributed by atoms with Crippen LogP contribution in [0.3, 0.4) is 0 Å². The number of aromatic nitrogens is 3. The number of anilines is 1. The van der Waals surface area contributed by atoms with Crippen molar-refractivity contribution in [3.05, 3.63) is 23.9 Å². The minimum Gasteiger partial charge on any atom is -0.394 e. The van der Waals surface area contributed by atoms with E-state index in [9.17, 15) is 5.11 Å². The van der Waals surface area contributed by atoms with Gasteiger partial charge in [0.05, 0.1) is 12.6 Å². The predicted molar refractivity (Wildman–Crippen MR) is 67.1 cm³/mol. The maximum atomic E-state index is 9.26. The van der Waals surface area contributed by atoms with Gasteiger partial charge in [0.25, 0.3) is 0 Å². The van der Waals surface area contributed by atoms with Gasteiger partial charge in [0, 0.05) is 5.69 Å². The molecule has 2 rings (SSSR count). The van der Waals surface area contributed by atoms with E-state index < -0.39 is 0 Å². The summed E-state index contributed by atoms with van der Waals surface area (Å²) < 4.78 is 1.79. The molecule has 0 amide bonds. The molecule has 1 atom stereocenters. The van der Waals surface area contributed by atoms with Crippen LogP contribution in [0.1, 0.15) is 19.5 Å². The highest BCUT2D eigenvalue weighted by Crippen LogP contribution is 2.11. The van der Waals surface area contributed by atoms with E-state index in [0.717, 1.165) is 11.3 Å². The fourth-order valence-electron chi connectivity index (χ4n) is 1.69. The molecule has 2 heterocycles. The van der Waals surface area contributed by atoms with Gasteiger partial charge < -0.3 is 10.4 Å². The summed E-state index contributed by atoms with van der Waals surface area (Å²) >= 11 is 0. The lowest BCUT2D eigenvalue weighted by molar-refractivity contribution is 0.248. The first-order chi connectivity index (χ1) is 8.11. The van der Waals surface area contributed by atoms with Crippen LogP contribution in [0.2, 0.25) is 0 Å². The van der Waals surface area contributed by atoms with Crippen molar-refractivity contribution in [1.29, 1.82) is 0 Å². The van der Waals surface area contributed by atoms with Gasteiger partial charge in [0.2, 0.25) is 5.95 Å². The first-order valence-electron chi connectivity index (χ1n) is 5.81. The van der Waals surface area contributed by atoms with Crippen molar-refractivity contribution in [2.75, 3.05) is 11.9 Å². The van der Waals surface area contributed by atoms with Crippen LogP contribution < -0.4 is 5.32 Å². The van der Waals surface area contributed by atoms with Gasteiger partial charge in [0.1, 0.15) is 0 Å². The van der Waals surface area contributed by atoms with Crippen molar-refractivity contribution >= 4 is 11.6 Å². The van der Waals surface area contributed by atoms with Crippen LogP contribution >= 0.6 is 0 Å². The zero-order chi connectivity index (χ0) is 12.4. The SMILES string of the molecule is Cc1cccc2nc(N[C@H](CO)C(C)C)nn12. The number of nitrogens with one attached hydrogen (secondary N) is 1. The van der Waals surface area contributed by atoms with Gasteiger partial charge >= 0.3 is 0 Å². The Hall–Kier alpha value is -1.62. The molecule has 2 aromatic heterocycles. The number of nitrogens with zero attached hydrogens (tertiary/aromatic N) is 3. The zero-order valence-electron chi connectivity index (χ0n) is 10.4. The van der Waals surface area contributed by atoms with Crippen molar-refractivity contribution in [1.82, 2.24) is 14.6 Å². The normalized spacial score (nSPS) is 13.2. The van der Waals surface area contributed by atoms with Crippen LogP contribution in [0, 0.1) is 12.8 Å². The molecule has 0 unspecified atom stereocenters. The van der Waals surface area contributed by atoms with Crippen molar-refractivity contribution < 1.29 is 5.11 Å². The van der Waals surface area contributed by atoms with E-state index in [-0.39, 0.29) is 12.6 Å². The second-order valence-electron chi connectivity index (χ2n) is 4.55. The second-order valence-corrected chi connectivity index (χ2v) is 4.55. The van der Waals surface area contributed by atoms with Crippen LogP contribution in [0.4, 0.5) is 5.95 Å². The number of aryl methyl sites for hydroxylation is 1. The lowest BCUT2D eigenvalue weighted by Gasteiger charge is -2.18. The molecule has 17 heavy (non-hydrogen) atoms. The predicted octanol–water partition coefficient (Wildman–Crippen LogP) is 1.47. The zero-order valence-corrected chi connectivity index (χ0v) is 10.4. The van der Waals surface area contributed by atoms with Gasteiger partial charge in [0.15, 0.2) is 5.65 Å². The monoisotopic (exact) mass is 234 g/mol. The third kappa shape index (κ3) is 2.39. The van der Waals surface area contributed by atoms with E-state index in [0.29, 0.717) is 11.9 Å². The van der Waals surface area contributed by atoms with Crippen LogP contribution in [0.25, 0.3) is 5.65 Å². The van der Waals surface area contributed by atoms with E-state index >= 15 is 0 Å². The van der Waals surface area contributed by atoms with Gasteiger partial charge in [-0.25, -0.2) is 4.52 Å². The standard InChI is InChI=1S/C12H18N4O/c1-8(2)10(7-17)13-12-14-11-6-4-5-9(3)16(11)15-12/h4-6,8,10,17H,7H2,1-3H3,(H,13,15)/t10-/m1/s1. The number of fused-ring (bicyclic) bond motifs is 1. The van der Waals surface area contributed by atoms with Gasteiger partial charge in [-0.15, -0.1) is 5.10 Å². The Labute approximate surface area is 100 Å². The highest BCUT2D eigenvalue weighted by molar-refractivity contribution is 5.44. The lowest BCUT2D eigenvalue weighted by atomic mass is 10.1. The fraction of sp³-hybridized carbons (Fsp3) is 0.500. The molecule has 2 aromatic rings. The molecular formula is C12H18N4O. The summed E-state index contributed by atoms with van der Waals surface area (Å²) in [6.07, 6.45) is 0. The number of hydrogen-bond donors (Lipinski definition) is 2. The Morgan fingerprint density at radius 1 is 1.41 bits per heavy atom. The van der Waals surface area contributed by atoms with Crippen LogP contribution in [-0.4, -0.2) is 32.4 Å². The molecule has 0 aliphatic rings. The average Bonchev–Trinajstić information content (AvgIpc) is 2.69. The number of rotatable bonds is 4. The average molecular weight is 234 g/mol. The minimum absolute atomic E-state index is 0.0206. The van der Waals surface area contributed by atoms with Crippen LogP contribution in [0.5, 0.6) is 0 Å². The summed E-state index contributed by atoms with van der Waals surface area (Å²) in [6, 6.07) is 5.83. The first kappa shape index (κ1) is 11.9. The number of aliphatic hydroxyl groups is 1. The number of aliphatic hydroxyl groups excluding tert-OH is 1. The van der Waals surface area contributed by atoms with Crippen LogP contribution in [0.15, 0.2) is 18.2 Å². The molecular weight excluding hydrogens is 216 g/mol. The largest absolute Gasteiger partial charge is 0.394 e. The van der Waals surface area contributed by atoms with Crippen LogP contribution in [-0.2, 0) is 0 Å². The highest BCUT2D eigenvalue weighted by Gasteiger charge is 2.14. The van der Waals surface area contributed by atoms with E-state index in [1.54, 1.807) is 4.52 Å². The van der Waals surface area contributed by atoms with Gasteiger partial charge in [-0.1, -0.05) is 19.9 Å². The summed E-state index contributed by atoms with van der Waals surface area (Å²) in [4.78, 5) is 4.37. The molecule has 0 spiro atoms. The third-order valence-corrected chi connectivity index (χ3v) is 2.86. The molecule has 0 bridgehead atoms. The minimum atomic E-state index is -0.0206. The maximum absolute atomic E-state index is 9.26. The van der Waals surface area contributed by atoms with Gasteiger partial charge in [-0.3, -0.25) is 0 Å². The summed E-state index contributed by atoms with van der Waals surface area (Å²) in [5.74, 6) is 0.889. The molecule has 92 valence electrons. The Kier molecular flexibility index (Phi) is 3.28. The fourth-order valence-corrected chi connectivity index (χ4v) is 1.69. The third-order valence-electron chi connectivity index (χ3n) is 2.86. The smallest absolute Gasteiger partial charge is 0.243 e. The van der Waals surface area contributed by atoms with E-state index in [4.69, 9.17) is 0 Å². The first-order valence-corrected chi connectivity index (χ1v) is 5.81. The molecule has 0 radical (unpaired) electrons. The van der Waals surface area contributed by atoms with Crippen molar-refractivity contribution in [2.45, 2.75) is 26.8 Å². The topological polar surface area (TPSA) is 62.5 Å². The Balaban J connectivity index is 2.28. The molecule has 0 aliphatic heterocycles. The highest BCUT2D eigenvalue weighted by atomic mass is 16.3. The van der Waals surface area contributed by atoms with Crippen molar-refractivity contribution in [3.8, 4) is 0 Å². The summed E-state index contributed by atoms with van der Waals surface area (Å²) in [6.45, 7) is 6.16. The number of hydrogen-bond acceptors (Lipinski definition) is 4. The molecule has 0 fully saturated rings. The van der Waals surface area contributed by atoms with E-state index in [1.165, 1.54) is 0 Å². The van der Waals surface area contributed by atoms with Gasteiger partial charge in [-0.05, 0) is 25.0 Å². The van der Waals surface area contributed by atoms with Crippen molar-refractivity contribution in [2.24, 2.45) is 5.92 Å². The molecule has 0 saturated heterocycles. The summed E-state index contributed by atoms with van der Waals surface area (Å²) in [5, 5.41) is 16.8. The molecule has 5 nitrogen and oxygen atoms in total. The molecule has 2 N–H and O–H groups in total. The Morgan fingerprint density at radius 2 is 2.18 bits per heavy atom. The Bertz CT molecular complexity index is 506. The van der Waals surface area contributed by atoms with E-state index in [1.807, 2.05) is 25.1 Å². The quantitative estimate of drug-likeness (QED) is 0.841. The van der Waals surface area contributed by atoms with Crippen molar-refractivity contribution in [3.63, 3.8) is 0 Å². The lowest BCUT2D eigenvalue weighted by Crippen LogP contribution is -2.29. The molecule has 0 aromatic carbocycles. The summed E-state index contributed by atoms with van der Waals surface area (Å²) in [5.41, 5.74) is 1.85. The maximum Gasteiger partial charge on any atom is 0.243 e. The number of pyridine rings is 1. The molecule has 5 heteroatoms. The Morgan fingerprint density at radius 3 is 2.76 bits per heavy atom.